The lowest BCUT2D eigenvalue weighted by Gasteiger charge is -1.90. The van der Waals surface area contributed by atoms with Crippen molar-refractivity contribution in [3.8, 4) is 0 Å². The fourth-order valence-electron chi connectivity index (χ4n) is 0.639. The van der Waals surface area contributed by atoms with Crippen LogP contribution in [-0.2, 0) is 9.53 Å². The Balaban J connectivity index is 0.000000180. The zero-order valence-corrected chi connectivity index (χ0v) is 6.04. The summed E-state index contributed by atoms with van der Waals surface area (Å²) in [6.45, 7) is 2.15. The van der Waals surface area contributed by atoms with Gasteiger partial charge in [-0.25, -0.2) is 0 Å². The SMILES string of the molecule is COC=O.OC1CCNC1. The Morgan fingerprint density at radius 2 is 2.40 bits per heavy atom. The molecule has 1 unspecified atom stereocenters. The standard InChI is InChI=1S/C4H9NO.C2H4O2/c6-4-1-2-5-3-4;1-4-2-3/h4-6H,1-3H2;2H,1H3. The Morgan fingerprint density at radius 1 is 1.80 bits per heavy atom. The van der Waals surface area contributed by atoms with E-state index < -0.39 is 0 Å². The molecule has 0 aliphatic carbocycles. The van der Waals surface area contributed by atoms with E-state index in [1.807, 2.05) is 0 Å². The summed E-state index contributed by atoms with van der Waals surface area (Å²) in [7, 11) is 1.31. The van der Waals surface area contributed by atoms with Crippen molar-refractivity contribution < 1.29 is 14.6 Å². The molecule has 1 aliphatic heterocycles. The van der Waals surface area contributed by atoms with Crippen LogP contribution in [0.2, 0.25) is 0 Å². The molecule has 0 bridgehead atoms. The lowest BCUT2D eigenvalue weighted by Crippen LogP contribution is -2.11. The molecule has 0 aromatic heterocycles. The minimum atomic E-state index is -0.0648. The van der Waals surface area contributed by atoms with Crippen LogP contribution < -0.4 is 5.32 Å². The van der Waals surface area contributed by atoms with E-state index in [-0.39, 0.29) is 6.10 Å². The number of carbonyl (C=O) groups is 1. The number of methoxy groups -OCH3 is 1. The molecule has 0 aromatic rings. The molecule has 1 atom stereocenters. The summed E-state index contributed by atoms with van der Waals surface area (Å²) in [4.78, 5) is 8.95. The molecule has 60 valence electrons. The average molecular weight is 147 g/mol. The number of rotatable bonds is 1. The highest BCUT2D eigenvalue weighted by Gasteiger charge is 2.08. The summed E-state index contributed by atoms with van der Waals surface area (Å²) in [5, 5.41) is 11.7. The first-order valence-electron chi connectivity index (χ1n) is 3.16. The molecule has 1 aliphatic rings. The van der Waals surface area contributed by atoms with Crippen molar-refractivity contribution in [3.63, 3.8) is 0 Å². The van der Waals surface area contributed by atoms with Crippen LogP contribution in [0.15, 0.2) is 0 Å². The number of nitrogens with one attached hydrogen (secondary N) is 1. The molecule has 2 N–H and O–H groups in total. The van der Waals surface area contributed by atoms with Gasteiger partial charge in [-0.1, -0.05) is 0 Å². The normalized spacial score (nSPS) is 22.8. The molecule has 1 heterocycles. The number of β-amino-alcohol motifs (C(OH)–C–C–N with tert-alkyl or cyclic N) is 1. The first kappa shape index (κ1) is 9.39. The Bertz CT molecular complexity index is 81.1. The van der Waals surface area contributed by atoms with Crippen LogP contribution in [-0.4, -0.2) is 37.9 Å². The van der Waals surface area contributed by atoms with Gasteiger partial charge in [0.2, 0.25) is 0 Å². The molecule has 4 nitrogen and oxygen atoms in total. The second kappa shape index (κ2) is 6.51. The minimum Gasteiger partial charge on any atom is -0.471 e. The largest absolute Gasteiger partial charge is 0.471 e. The first-order valence-corrected chi connectivity index (χ1v) is 3.16. The Morgan fingerprint density at radius 3 is 2.50 bits per heavy atom. The second-order valence-corrected chi connectivity index (χ2v) is 1.98. The number of hydrogen-bond donors (Lipinski definition) is 2. The van der Waals surface area contributed by atoms with Gasteiger partial charge in [-0.05, 0) is 13.0 Å². The summed E-state index contributed by atoms with van der Waals surface area (Å²) in [5.74, 6) is 0. The molecule has 0 spiro atoms. The van der Waals surface area contributed by atoms with Crippen LogP contribution in [0, 0.1) is 0 Å². The summed E-state index contributed by atoms with van der Waals surface area (Å²) < 4.78 is 3.86. The predicted molar refractivity (Wildman–Crippen MR) is 36.6 cm³/mol. The number of carbonyl (C=O) groups excluding carboxylic acids is 1. The molecule has 1 saturated heterocycles. The van der Waals surface area contributed by atoms with E-state index in [1.165, 1.54) is 7.11 Å². The van der Waals surface area contributed by atoms with Crippen molar-refractivity contribution >= 4 is 6.47 Å². The zero-order chi connectivity index (χ0) is 7.82. The van der Waals surface area contributed by atoms with Crippen LogP contribution in [0.4, 0.5) is 0 Å². The van der Waals surface area contributed by atoms with Gasteiger partial charge in [0.25, 0.3) is 6.47 Å². The van der Waals surface area contributed by atoms with Gasteiger partial charge in [0.1, 0.15) is 0 Å². The maximum Gasteiger partial charge on any atom is 0.292 e. The van der Waals surface area contributed by atoms with Crippen molar-refractivity contribution in [3.05, 3.63) is 0 Å². The molecular formula is C6H13NO3. The highest BCUT2D eigenvalue weighted by Crippen LogP contribution is 1.93. The quantitative estimate of drug-likeness (QED) is 0.473. The van der Waals surface area contributed by atoms with Gasteiger partial charge >= 0.3 is 0 Å². The Kier molecular flexibility index (Phi) is 6.11. The number of hydrogen-bond acceptors (Lipinski definition) is 4. The molecule has 4 heteroatoms. The maximum absolute atomic E-state index is 8.95. The smallest absolute Gasteiger partial charge is 0.292 e. The van der Waals surface area contributed by atoms with E-state index in [0.29, 0.717) is 6.47 Å². The van der Waals surface area contributed by atoms with Crippen LogP contribution in [0.25, 0.3) is 0 Å². The van der Waals surface area contributed by atoms with Crippen molar-refractivity contribution in [2.24, 2.45) is 0 Å². The van der Waals surface area contributed by atoms with Crippen molar-refractivity contribution in [2.45, 2.75) is 12.5 Å². The molecule has 10 heavy (non-hydrogen) atoms. The third kappa shape index (κ3) is 5.53. The second-order valence-electron chi connectivity index (χ2n) is 1.98. The van der Waals surface area contributed by atoms with Gasteiger partial charge in [-0.15, -0.1) is 0 Å². The zero-order valence-electron chi connectivity index (χ0n) is 6.04. The van der Waals surface area contributed by atoms with E-state index >= 15 is 0 Å². The summed E-state index contributed by atoms with van der Waals surface area (Å²) in [5.41, 5.74) is 0. The van der Waals surface area contributed by atoms with E-state index in [2.05, 4.69) is 10.1 Å². The van der Waals surface area contributed by atoms with Crippen LogP contribution >= 0.6 is 0 Å². The van der Waals surface area contributed by atoms with Crippen LogP contribution in [0.5, 0.6) is 0 Å². The highest BCUT2D eigenvalue weighted by atomic mass is 16.5. The van der Waals surface area contributed by atoms with Crippen molar-refractivity contribution in [1.82, 2.24) is 5.32 Å². The maximum atomic E-state index is 8.95. The molecule has 0 amide bonds. The average Bonchev–Trinajstić information content (AvgIpc) is 2.40. The van der Waals surface area contributed by atoms with E-state index in [0.717, 1.165) is 19.5 Å². The van der Waals surface area contributed by atoms with Gasteiger partial charge in [0.05, 0.1) is 13.2 Å². The molecule has 1 fully saturated rings. The fraction of sp³-hybridized carbons (Fsp3) is 0.833. The van der Waals surface area contributed by atoms with Gasteiger partial charge in [-0.2, -0.15) is 0 Å². The first-order chi connectivity index (χ1) is 4.81. The number of ether oxygens (including phenoxy) is 1. The van der Waals surface area contributed by atoms with Crippen LogP contribution in [0.1, 0.15) is 6.42 Å². The molecule has 1 rings (SSSR count). The Hall–Kier alpha value is -0.610. The topological polar surface area (TPSA) is 58.6 Å². The van der Waals surface area contributed by atoms with E-state index in [4.69, 9.17) is 9.90 Å². The highest BCUT2D eigenvalue weighted by molar-refractivity contribution is 5.36. The fourth-order valence-corrected chi connectivity index (χ4v) is 0.639. The van der Waals surface area contributed by atoms with Crippen molar-refractivity contribution in [1.29, 1.82) is 0 Å². The van der Waals surface area contributed by atoms with E-state index in [1.54, 1.807) is 0 Å². The molecule has 0 radical (unpaired) electrons. The van der Waals surface area contributed by atoms with E-state index in [9.17, 15) is 0 Å². The van der Waals surface area contributed by atoms with Crippen molar-refractivity contribution in [2.75, 3.05) is 20.2 Å². The summed E-state index contributed by atoms with van der Waals surface area (Å²) in [6, 6.07) is 0. The summed E-state index contributed by atoms with van der Waals surface area (Å²) >= 11 is 0. The van der Waals surface area contributed by atoms with Gasteiger partial charge in [-0.3, -0.25) is 4.79 Å². The lowest BCUT2D eigenvalue weighted by molar-refractivity contribution is -0.126. The summed E-state index contributed by atoms with van der Waals surface area (Å²) in [6.07, 6.45) is 0.866. The van der Waals surface area contributed by atoms with Gasteiger partial charge in [0, 0.05) is 6.54 Å². The molecule has 0 aromatic carbocycles. The monoisotopic (exact) mass is 147 g/mol. The predicted octanol–water partition coefficient (Wildman–Crippen LogP) is -0.870. The number of aliphatic hydroxyl groups is 1. The third-order valence-electron chi connectivity index (χ3n) is 1.13. The number of aliphatic hydroxyl groups excluding tert-OH is 1. The van der Waals surface area contributed by atoms with Gasteiger partial charge in [0.15, 0.2) is 0 Å². The Labute approximate surface area is 60.2 Å². The molecule has 0 saturated carbocycles. The van der Waals surface area contributed by atoms with Gasteiger partial charge < -0.3 is 15.2 Å². The van der Waals surface area contributed by atoms with Crippen LogP contribution in [0.3, 0.4) is 0 Å². The molecular weight excluding hydrogens is 134 g/mol. The minimum absolute atomic E-state index is 0.0648. The third-order valence-corrected chi connectivity index (χ3v) is 1.13. The lowest BCUT2D eigenvalue weighted by atomic mass is 10.3.